The molecule has 0 aliphatic rings. The Bertz CT molecular complexity index is 286. The molecule has 1 amide bonds. The van der Waals surface area contributed by atoms with Gasteiger partial charge in [0.1, 0.15) is 11.3 Å². The molecular formula is C10H17NO4. The number of ether oxygens (including phenoxy) is 1. The molecule has 0 saturated heterocycles. The van der Waals surface area contributed by atoms with E-state index in [1.807, 2.05) is 0 Å². The van der Waals surface area contributed by atoms with Crippen LogP contribution in [0.5, 0.6) is 0 Å². The number of methoxy groups -OCH3 is 1. The Kier molecular flexibility index (Phi) is 4.61. The number of Topliss-reactive ketones (excluding diaryl/α,β-unsaturated/α-hetero) is 1. The van der Waals surface area contributed by atoms with Gasteiger partial charge in [-0.1, -0.05) is 13.8 Å². The molecule has 15 heavy (non-hydrogen) atoms. The van der Waals surface area contributed by atoms with Crippen molar-refractivity contribution < 1.29 is 19.4 Å². The van der Waals surface area contributed by atoms with Crippen LogP contribution < -0.4 is 0 Å². The Labute approximate surface area is 89.1 Å². The molecule has 0 atom stereocenters. The Morgan fingerprint density at radius 3 is 2.07 bits per heavy atom. The van der Waals surface area contributed by atoms with Crippen LogP contribution in [0.2, 0.25) is 0 Å². The molecule has 0 rings (SSSR count). The summed E-state index contributed by atoms with van der Waals surface area (Å²) in [5.74, 6) is -0.701. The van der Waals surface area contributed by atoms with Crippen molar-refractivity contribution in [3.8, 4) is 0 Å². The fourth-order valence-electron chi connectivity index (χ4n) is 0.904. The van der Waals surface area contributed by atoms with Crippen LogP contribution in [0.25, 0.3) is 0 Å². The van der Waals surface area contributed by atoms with E-state index < -0.39 is 11.7 Å². The number of nitrogens with zero attached hydrogens (tertiary/aromatic N) is 1. The zero-order valence-electron chi connectivity index (χ0n) is 9.70. The summed E-state index contributed by atoms with van der Waals surface area (Å²) in [5.41, 5.74) is -1.63. The second-order valence-corrected chi connectivity index (χ2v) is 4.01. The predicted molar refractivity (Wildman–Crippen MR) is 56.0 cm³/mol. The third-order valence-electron chi connectivity index (χ3n) is 1.71. The molecule has 0 aromatic heterocycles. The van der Waals surface area contributed by atoms with Crippen LogP contribution in [-0.2, 0) is 9.53 Å². The molecule has 0 aliphatic heterocycles. The van der Waals surface area contributed by atoms with Crippen LogP contribution in [0, 0.1) is 5.92 Å². The second kappa shape index (κ2) is 5.02. The molecule has 0 aromatic rings. The molecule has 86 valence electrons. The number of carbonyl (C=O) groups is 2. The zero-order chi connectivity index (χ0) is 12.2. The van der Waals surface area contributed by atoms with Crippen LogP contribution in [-0.4, -0.2) is 35.4 Å². The minimum Gasteiger partial charge on any atom is -0.451 e. The van der Waals surface area contributed by atoms with Crippen LogP contribution in [0.3, 0.4) is 0 Å². The summed E-state index contributed by atoms with van der Waals surface area (Å²) < 4.78 is 4.32. The van der Waals surface area contributed by atoms with Crippen molar-refractivity contribution in [1.82, 2.24) is 0 Å². The monoisotopic (exact) mass is 215 g/mol. The molecule has 0 fully saturated rings. The van der Waals surface area contributed by atoms with E-state index in [1.165, 1.54) is 13.8 Å². The van der Waals surface area contributed by atoms with E-state index in [1.54, 1.807) is 13.8 Å². The van der Waals surface area contributed by atoms with Gasteiger partial charge in [-0.25, -0.2) is 4.79 Å². The zero-order valence-corrected chi connectivity index (χ0v) is 9.70. The smallest absolute Gasteiger partial charge is 0.433 e. The number of hydrogen-bond donors (Lipinski definition) is 1. The predicted octanol–water partition coefficient (Wildman–Crippen LogP) is 1.19. The minimum atomic E-state index is -1.45. The molecule has 0 saturated carbocycles. The highest BCUT2D eigenvalue weighted by Crippen LogP contribution is 2.11. The molecule has 0 aromatic carbocycles. The number of hydrogen-bond acceptors (Lipinski definition) is 4. The van der Waals surface area contributed by atoms with E-state index in [9.17, 15) is 14.7 Å². The van der Waals surface area contributed by atoms with Gasteiger partial charge in [-0.15, -0.1) is 0 Å². The highest BCUT2D eigenvalue weighted by Gasteiger charge is 2.30. The lowest BCUT2D eigenvalue weighted by Crippen LogP contribution is -2.40. The molecule has 1 N–H and O–H groups in total. The van der Waals surface area contributed by atoms with Crippen molar-refractivity contribution in [3.05, 3.63) is 0 Å². The molecule has 0 aliphatic carbocycles. The average molecular weight is 215 g/mol. The highest BCUT2D eigenvalue weighted by atomic mass is 16.5. The maximum atomic E-state index is 11.6. The summed E-state index contributed by atoms with van der Waals surface area (Å²) in [7, 11) is 1.16. The number of aliphatic hydroxyl groups is 1. The first-order valence-electron chi connectivity index (χ1n) is 4.63. The van der Waals surface area contributed by atoms with Crippen LogP contribution in [0.15, 0.2) is 4.99 Å². The van der Waals surface area contributed by atoms with Gasteiger partial charge in [0.2, 0.25) is 0 Å². The molecular weight excluding hydrogens is 198 g/mol. The SMILES string of the molecule is COC(=O)N=C(C(=O)C(C)C)C(C)(C)O. The lowest BCUT2D eigenvalue weighted by Gasteiger charge is -2.19. The Morgan fingerprint density at radius 2 is 1.80 bits per heavy atom. The molecule has 0 radical (unpaired) electrons. The topological polar surface area (TPSA) is 76.0 Å². The van der Waals surface area contributed by atoms with Gasteiger partial charge in [0.25, 0.3) is 0 Å². The first-order chi connectivity index (χ1) is 6.70. The minimum absolute atomic E-state index is 0.177. The summed E-state index contributed by atoms with van der Waals surface area (Å²) in [4.78, 5) is 26.0. The van der Waals surface area contributed by atoms with Crippen molar-refractivity contribution in [2.24, 2.45) is 10.9 Å². The van der Waals surface area contributed by atoms with E-state index in [2.05, 4.69) is 9.73 Å². The standard InChI is InChI=1S/C10H17NO4/c1-6(2)7(12)8(10(3,4)14)11-9(13)15-5/h6,14H,1-5H3. The van der Waals surface area contributed by atoms with Crippen molar-refractivity contribution in [1.29, 1.82) is 0 Å². The highest BCUT2D eigenvalue weighted by molar-refractivity contribution is 6.44. The van der Waals surface area contributed by atoms with Crippen LogP contribution in [0.4, 0.5) is 4.79 Å². The number of aliphatic imine (C=N–C) groups is 1. The molecule has 0 heterocycles. The lowest BCUT2D eigenvalue weighted by atomic mass is 9.93. The summed E-state index contributed by atoms with van der Waals surface area (Å²) >= 11 is 0. The summed E-state index contributed by atoms with van der Waals surface area (Å²) in [6, 6.07) is 0. The molecule has 5 nitrogen and oxygen atoms in total. The quantitative estimate of drug-likeness (QED) is 0.717. The molecule has 0 unspecified atom stereocenters. The lowest BCUT2D eigenvalue weighted by molar-refractivity contribution is -0.116. The fourth-order valence-corrected chi connectivity index (χ4v) is 0.904. The number of ketones is 1. The van der Waals surface area contributed by atoms with E-state index in [0.717, 1.165) is 7.11 Å². The van der Waals surface area contributed by atoms with E-state index >= 15 is 0 Å². The van der Waals surface area contributed by atoms with Gasteiger partial charge in [-0.3, -0.25) is 4.79 Å². The molecule has 5 heteroatoms. The third kappa shape index (κ3) is 4.20. The van der Waals surface area contributed by atoms with Gasteiger partial charge < -0.3 is 9.84 Å². The van der Waals surface area contributed by atoms with Crippen molar-refractivity contribution in [3.63, 3.8) is 0 Å². The van der Waals surface area contributed by atoms with Gasteiger partial charge in [0.05, 0.1) is 7.11 Å². The number of carbonyl (C=O) groups excluding carboxylic acids is 2. The Hall–Kier alpha value is -1.23. The fraction of sp³-hybridized carbons (Fsp3) is 0.700. The van der Waals surface area contributed by atoms with Crippen LogP contribution in [0.1, 0.15) is 27.7 Å². The first-order valence-corrected chi connectivity index (χ1v) is 4.63. The molecule has 0 spiro atoms. The van der Waals surface area contributed by atoms with Crippen molar-refractivity contribution >= 4 is 17.6 Å². The average Bonchev–Trinajstić information content (AvgIpc) is 2.10. The van der Waals surface area contributed by atoms with E-state index in [-0.39, 0.29) is 17.4 Å². The van der Waals surface area contributed by atoms with Gasteiger partial charge in [0.15, 0.2) is 5.78 Å². The summed E-state index contributed by atoms with van der Waals surface area (Å²) in [6.07, 6.45) is -0.888. The van der Waals surface area contributed by atoms with E-state index in [4.69, 9.17) is 0 Å². The number of rotatable bonds is 3. The van der Waals surface area contributed by atoms with Crippen molar-refractivity contribution in [2.75, 3.05) is 7.11 Å². The summed E-state index contributed by atoms with van der Waals surface area (Å²) in [6.45, 7) is 6.13. The van der Waals surface area contributed by atoms with Crippen LogP contribution >= 0.6 is 0 Å². The van der Waals surface area contributed by atoms with E-state index in [0.29, 0.717) is 0 Å². The largest absolute Gasteiger partial charge is 0.451 e. The normalized spacial score (nSPS) is 12.9. The van der Waals surface area contributed by atoms with Gasteiger partial charge in [-0.05, 0) is 13.8 Å². The summed E-state index contributed by atoms with van der Waals surface area (Å²) in [5, 5.41) is 9.68. The number of amides is 1. The Morgan fingerprint density at radius 1 is 1.33 bits per heavy atom. The first kappa shape index (κ1) is 13.8. The third-order valence-corrected chi connectivity index (χ3v) is 1.71. The van der Waals surface area contributed by atoms with Gasteiger partial charge in [0, 0.05) is 5.92 Å². The van der Waals surface area contributed by atoms with Gasteiger partial charge in [-0.2, -0.15) is 4.99 Å². The second-order valence-electron chi connectivity index (χ2n) is 4.01. The van der Waals surface area contributed by atoms with Gasteiger partial charge >= 0.3 is 6.09 Å². The van der Waals surface area contributed by atoms with Crippen molar-refractivity contribution in [2.45, 2.75) is 33.3 Å². The molecule has 0 bridgehead atoms. The Balaban J connectivity index is 5.17. The maximum Gasteiger partial charge on any atom is 0.433 e. The maximum absolute atomic E-state index is 11.6.